The van der Waals surface area contributed by atoms with Crippen molar-refractivity contribution in [1.29, 1.82) is 0 Å². The van der Waals surface area contributed by atoms with E-state index in [1.165, 1.54) is 5.57 Å². The zero-order valence-electron chi connectivity index (χ0n) is 16.5. The molecule has 7 heteroatoms. The average Bonchev–Trinajstić information content (AvgIpc) is 2.97. The second-order valence-corrected chi connectivity index (χ2v) is 8.80. The van der Waals surface area contributed by atoms with E-state index >= 15 is 0 Å². The highest BCUT2D eigenvalue weighted by molar-refractivity contribution is 9.11. The Morgan fingerprint density at radius 1 is 1.43 bits per heavy atom. The Bertz CT molecular complexity index is 758. The van der Waals surface area contributed by atoms with E-state index in [2.05, 4.69) is 15.9 Å². The molecule has 2 aliphatic heterocycles. The van der Waals surface area contributed by atoms with Crippen LogP contribution in [0.2, 0.25) is 0 Å². The van der Waals surface area contributed by atoms with E-state index in [1.54, 1.807) is 7.11 Å². The maximum absolute atomic E-state index is 12.0. The summed E-state index contributed by atoms with van der Waals surface area (Å²) in [6, 6.07) is -0.149. The summed E-state index contributed by atoms with van der Waals surface area (Å²) in [5, 5.41) is 10.4. The number of hydrogen-bond donors (Lipinski definition) is 1. The maximum Gasteiger partial charge on any atom is 0.306 e. The van der Waals surface area contributed by atoms with Crippen LogP contribution < -0.4 is 0 Å². The van der Waals surface area contributed by atoms with Crippen molar-refractivity contribution in [2.24, 2.45) is 10.4 Å². The number of hydrogen-bond acceptors (Lipinski definition) is 6. The van der Waals surface area contributed by atoms with Crippen molar-refractivity contribution in [1.82, 2.24) is 0 Å². The topological polar surface area (TPSA) is 77.4 Å². The SMILES string of the molecule is CCOC(=O)CCC1=C(Br)C23CCCCC2OC2=C3C(C[C@@H](O)C2)N=C1OC. The maximum atomic E-state index is 12.0. The molecule has 1 N–H and O–H groups in total. The summed E-state index contributed by atoms with van der Waals surface area (Å²) in [6.07, 6.45) is 5.73. The number of nitrogens with zero attached hydrogens (tertiary/aromatic N) is 1. The van der Waals surface area contributed by atoms with Gasteiger partial charge in [0.25, 0.3) is 0 Å². The summed E-state index contributed by atoms with van der Waals surface area (Å²) < 4.78 is 18.2. The van der Waals surface area contributed by atoms with Crippen LogP contribution in [-0.4, -0.2) is 48.9 Å². The number of aliphatic imine (C=N–C) groups is 1. The lowest BCUT2D eigenvalue weighted by Gasteiger charge is -2.41. The third-order valence-corrected chi connectivity index (χ3v) is 7.60. The van der Waals surface area contributed by atoms with Crippen LogP contribution in [-0.2, 0) is 19.0 Å². The molecule has 0 aromatic rings. The molecule has 4 rings (SSSR count). The lowest BCUT2D eigenvalue weighted by molar-refractivity contribution is -0.143. The third-order valence-electron chi connectivity index (χ3n) is 6.42. The predicted octanol–water partition coefficient (Wildman–Crippen LogP) is 3.77. The van der Waals surface area contributed by atoms with Gasteiger partial charge in [0.1, 0.15) is 11.9 Å². The first kappa shape index (κ1) is 20.0. The van der Waals surface area contributed by atoms with Gasteiger partial charge in [0.15, 0.2) is 0 Å². The van der Waals surface area contributed by atoms with Crippen LogP contribution in [0.4, 0.5) is 0 Å². The van der Waals surface area contributed by atoms with E-state index in [4.69, 9.17) is 19.2 Å². The van der Waals surface area contributed by atoms with Crippen LogP contribution in [0.1, 0.15) is 58.3 Å². The number of esters is 1. The third kappa shape index (κ3) is 3.11. The lowest BCUT2D eigenvalue weighted by Crippen LogP contribution is -2.40. The Labute approximate surface area is 174 Å². The van der Waals surface area contributed by atoms with Crippen molar-refractivity contribution in [3.63, 3.8) is 0 Å². The normalized spacial score (nSPS) is 34.1. The minimum absolute atomic E-state index is 0.0532. The Balaban J connectivity index is 1.81. The Kier molecular flexibility index (Phi) is 5.58. The molecule has 0 aromatic heterocycles. The first-order valence-corrected chi connectivity index (χ1v) is 11.1. The van der Waals surface area contributed by atoms with Crippen LogP contribution in [0, 0.1) is 5.41 Å². The van der Waals surface area contributed by atoms with E-state index in [0.29, 0.717) is 31.8 Å². The van der Waals surface area contributed by atoms with E-state index in [0.717, 1.165) is 41.5 Å². The average molecular weight is 454 g/mol. The number of carbonyl (C=O) groups is 1. The number of ether oxygens (including phenoxy) is 3. The molecular weight excluding hydrogens is 426 g/mol. The Morgan fingerprint density at radius 2 is 2.25 bits per heavy atom. The molecule has 0 aromatic carbocycles. The standard InChI is InChI=1S/C21H28BrNO5/c1-3-27-17(25)8-7-13-19(22)21-9-5-4-6-16(21)28-15-11-12(24)10-14(18(15)21)23-20(13)26-2/h12,14,16,24H,3-11H2,1-2H3/t12-,14?,16?,21?/m1/s1. The summed E-state index contributed by atoms with van der Waals surface area (Å²) in [5.41, 5.74) is 1.88. The molecule has 28 heavy (non-hydrogen) atoms. The fourth-order valence-corrected chi connectivity index (χ4v) is 6.36. The van der Waals surface area contributed by atoms with Gasteiger partial charge in [-0.1, -0.05) is 22.4 Å². The number of methoxy groups -OCH3 is 1. The van der Waals surface area contributed by atoms with Gasteiger partial charge in [-0.2, -0.15) is 0 Å². The van der Waals surface area contributed by atoms with Crippen LogP contribution in [0.5, 0.6) is 0 Å². The molecule has 0 bridgehead atoms. The van der Waals surface area contributed by atoms with Crippen molar-refractivity contribution in [3.05, 3.63) is 21.4 Å². The van der Waals surface area contributed by atoms with Crippen molar-refractivity contribution in [3.8, 4) is 0 Å². The first-order chi connectivity index (χ1) is 13.5. The fraction of sp³-hybridized carbons (Fsp3) is 0.714. The molecular formula is C21H28BrNO5. The van der Waals surface area contributed by atoms with E-state index < -0.39 is 6.10 Å². The van der Waals surface area contributed by atoms with E-state index in [1.807, 2.05) is 6.92 Å². The number of aliphatic hydroxyl groups is 1. The van der Waals surface area contributed by atoms with Crippen molar-refractivity contribution >= 4 is 27.8 Å². The number of halogens is 1. The minimum Gasteiger partial charge on any atom is -0.493 e. The second kappa shape index (κ2) is 7.82. The van der Waals surface area contributed by atoms with Gasteiger partial charge < -0.3 is 19.3 Å². The zero-order chi connectivity index (χ0) is 19.9. The van der Waals surface area contributed by atoms with Gasteiger partial charge >= 0.3 is 5.97 Å². The Hall–Kier alpha value is -1.34. The van der Waals surface area contributed by atoms with Crippen molar-refractivity contribution in [2.75, 3.05) is 13.7 Å². The van der Waals surface area contributed by atoms with Gasteiger partial charge in [-0.3, -0.25) is 4.79 Å². The molecule has 1 spiro atoms. The molecule has 2 aliphatic carbocycles. The molecule has 0 radical (unpaired) electrons. The molecule has 0 amide bonds. The summed E-state index contributed by atoms with van der Waals surface area (Å²) in [6.45, 7) is 2.19. The van der Waals surface area contributed by atoms with Crippen molar-refractivity contribution < 1.29 is 24.1 Å². The van der Waals surface area contributed by atoms with Gasteiger partial charge in [0.2, 0.25) is 5.90 Å². The van der Waals surface area contributed by atoms with Gasteiger partial charge in [-0.15, -0.1) is 0 Å². The lowest BCUT2D eigenvalue weighted by atomic mass is 9.64. The number of carbonyl (C=O) groups excluding carboxylic acids is 1. The minimum atomic E-state index is -0.456. The van der Waals surface area contributed by atoms with Crippen LogP contribution in [0.15, 0.2) is 26.4 Å². The molecule has 154 valence electrons. The highest BCUT2D eigenvalue weighted by Gasteiger charge is 2.58. The molecule has 1 saturated carbocycles. The molecule has 3 unspecified atom stereocenters. The molecule has 4 aliphatic rings. The highest BCUT2D eigenvalue weighted by Crippen LogP contribution is 2.62. The molecule has 6 nitrogen and oxygen atoms in total. The summed E-state index contributed by atoms with van der Waals surface area (Å²) in [7, 11) is 1.62. The van der Waals surface area contributed by atoms with Gasteiger partial charge in [-0.25, -0.2) is 4.99 Å². The number of rotatable bonds is 4. The fourth-order valence-electron chi connectivity index (χ4n) is 5.33. The monoisotopic (exact) mass is 453 g/mol. The quantitative estimate of drug-likeness (QED) is 0.655. The highest BCUT2D eigenvalue weighted by atomic mass is 79.9. The van der Waals surface area contributed by atoms with Crippen LogP contribution >= 0.6 is 15.9 Å². The number of aliphatic hydroxyl groups excluding tert-OH is 1. The van der Waals surface area contributed by atoms with E-state index in [-0.39, 0.29) is 30.0 Å². The second-order valence-electron chi connectivity index (χ2n) is 8.01. The zero-order valence-corrected chi connectivity index (χ0v) is 18.1. The Morgan fingerprint density at radius 3 is 3.00 bits per heavy atom. The van der Waals surface area contributed by atoms with Gasteiger partial charge in [0, 0.05) is 34.9 Å². The van der Waals surface area contributed by atoms with Gasteiger partial charge in [-0.05, 0) is 32.6 Å². The largest absolute Gasteiger partial charge is 0.493 e. The summed E-state index contributed by atoms with van der Waals surface area (Å²) >= 11 is 3.93. The van der Waals surface area contributed by atoms with Crippen molar-refractivity contribution in [2.45, 2.75) is 76.5 Å². The molecule has 2 heterocycles. The first-order valence-electron chi connectivity index (χ1n) is 10.3. The molecule has 1 fully saturated rings. The van der Waals surface area contributed by atoms with Gasteiger partial charge in [0.05, 0.1) is 31.3 Å². The predicted molar refractivity (Wildman–Crippen MR) is 108 cm³/mol. The van der Waals surface area contributed by atoms with E-state index in [9.17, 15) is 9.90 Å². The van der Waals surface area contributed by atoms with Crippen LogP contribution in [0.3, 0.4) is 0 Å². The van der Waals surface area contributed by atoms with Crippen LogP contribution in [0.25, 0.3) is 0 Å². The summed E-state index contributed by atoms with van der Waals surface area (Å²) in [4.78, 5) is 16.9. The molecule has 4 atom stereocenters. The molecule has 0 saturated heterocycles. The smallest absolute Gasteiger partial charge is 0.306 e. The summed E-state index contributed by atoms with van der Waals surface area (Å²) in [5.74, 6) is 1.25.